The Morgan fingerprint density at radius 1 is 1.00 bits per heavy atom. The van der Waals surface area contributed by atoms with Crippen molar-refractivity contribution in [2.45, 2.75) is 19.4 Å². The van der Waals surface area contributed by atoms with Crippen molar-refractivity contribution < 1.29 is 14.8 Å². The normalized spacial score (nSPS) is 11.9. The zero-order chi connectivity index (χ0) is 19.1. The summed E-state index contributed by atoms with van der Waals surface area (Å²) < 4.78 is 0. The van der Waals surface area contributed by atoms with E-state index in [-0.39, 0.29) is 12.5 Å². The van der Waals surface area contributed by atoms with Crippen LogP contribution >= 0.6 is 0 Å². The summed E-state index contributed by atoms with van der Waals surface area (Å²) in [5, 5.41) is 11.5. The molecule has 2 aromatic carbocycles. The number of benzene rings is 2. The molecule has 0 spiro atoms. The van der Waals surface area contributed by atoms with Crippen LogP contribution in [0.25, 0.3) is 11.1 Å². The largest absolute Gasteiger partial charge is 0.339 e. The fraction of sp³-hybridized carbons (Fsp3) is 0.300. The molecule has 0 aliphatic heterocycles. The van der Waals surface area contributed by atoms with E-state index in [0.717, 1.165) is 17.5 Å². The Morgan fingerprint density at radius 2 is 1.54 bits per heavy atom. The quantitative estimate of drug-likeness (QED) is 0.525. The van der Waals surface area contributed by atoms with Gasteiger partial charge in [0.2, 0.25) is 0 Å². The molecule has 0 radical (unpaired) electrons. The summed E-state index contributed by atoms with van der Waals surface area (Å²) >= 11 is 0. The predicted octanol–water partition coefficient (Wildman–Crippen LogP) is 2.08. The average molecular weight is 355 g/mol. The predicted molar refractivity (Wildman–Crippen MR) is 101 cm³/mol. The molecule has 0 aliphatic carbocycles. The Morgan fingerprint density at radius 3 is 2.00 bits per heavy atom. The molecule has 0 aromatic heterocycles. The van der Waals surface area contributed by atoms with E-state index in [0.29, 0.717) is 5.56 Å². The Hall–Kier alpha value is -2.70. The summed E-state index contributed by atoms with van der Waals surface area (Å²) in [4.78, 5) is 25.9. The molecule has 0 saturated carbocycles. The van der Waals surface area contributed by atoms with Crippen molar-refractivity contribution in [1.82, 2.24) is 15.7 Å². The van der Waals surface area contributed by atoms with Crippen LogP contribution in [0, 0.1) is 0 Å². The molecule has 0 unspecified atom stereocenters. The highest BCUT2D eigenvalue weighted by Gasteiger charge is 2.21. The lowest BCUT2D eigenvalue weighted by Gasteiger charge is -2.20. The third-order valence-corrected chi connectivity index (χ3v) is 4.12. The second kappa shape index (κ2) is 9.12. The van der Waals surface area contributed by atoms with Gasteiger partial charge in [-0.05, 0) is 49.3 Å². The number of aryl methyl sites for hydroxylation is 1. The van der Waals surface area contributed by atoms with Crippen LogP contribution in [0.1, 0.15) is 22.8 Å². The van der Waals surface area contributed by atoms with Gasteiger partial charge in [0.25, 0.3) is 11.8 Å². The van der Waals surface area contributed by atoms with Crippen molar-refractivity contribution >= 4 is 11.8 Å². The van der Waals surface area contributed by atoms with Gasteiger partial charge in [-0.25, -0.2) is 5.48 Å². The molecule has 26 heavy (non-hydrogen) atoms. The van der Waals surface area contributed by atoms with Crippen LogP contribution in [-0.4, -0.2) is 48.6 Å². The first-order valence-electron chi connectivity index (χ1n) is 8.53. The van der Waals surface area contributed by atoms with Gasteiger partial charge in [0.05, 0.1) is 0 Å². The number of hydrogen-bond donors (Lipinski definition) is 3. The minimum atomic E-state index is -0.844. The fourth-order valence-electron chi connectivity index (χ4n) is 2.63. The SMILES string of the molecule is CCc1ccc(-c2ccc(C(=O)N[C@@H](CN(C)C)C(=O)NO)cc2)cc1. The molecule has 0 heterocycles. The van der Waals surface area contributed by atoms with E-state index in [1.54, 1.807) is 36.6 Å². The lowest BCUT2D eigenvalue weighted by atomic mass is 10.0. The summed E-state index contributed by atoms with van der Waals surface area (Å²) in [6.07, 6.45) is 0.995. The summed E-state index contributed by atoms with van der Waals surface area (Å²) in [5.41, 5.74) is 5.41. The monoisotopic (exact) mass is 355 g/mol. The van der Waals surface area contributed by atoms with Gasteiger partial charge in [-0.3, -0.25) is 14.8 Å². The zero-order valence-electron chi connectivity index (χ0n) is 15.3. The van der Waals surface area contributed by atoms with E-state index in [1.165, 1.54) is 5.56 Å². The van der Waals surface area contributed by atoms with Crippen LogP contribution in [0.5, 0.6) is 0 Å². The van der Waals surface area contributed by atoms with E-state index >= 15 is 0 Å². The maximum absolute atomic E-state index is 12.4. The fourth-order valence-corrected chi connectivity index (χ4v) is 2.63. The van der Waals surface area contributed by atoms with Crippen LogP contribution in [-0.2, 0) is 11.2 Å². The summed E-state index contributed by atoms with van der Waals surface area (Å²) in [6, 6.07) is 14.7. The number of carbonyl (C=O) groups excluding carboxylic acids is 2. The van der Waals surface area contributed by atoms with Gasteiger partial charge in [-0.1, -0.05) is 43.3 Å². The standard InChI is InChI=1S/C20H25N3O3/c1-4-14-5-7-15(8-6-14)16-9-11-17(12-10-16)19(24)21-18(13-23(2)3)20(25)22-26/h5-12,18,26H,4,13H2,1-3H3,(H,21,24)(H,22,25)/t18-/m0/s1. The summed E-state index contributed by atoms with van der Waals surface area (Å²) in [7, 11) is 3.56. The Bertz CT molecular complexity index is 740. The van der Waals surface area contributed by atoms with E-state index in [2.05, 4.69) is 36.5 Å². The lowest BCUT2D eigenvalue weighted by molar-refractivity contribution is -0.131. The highest BCUT2D eigenvalue weighted by molar-refractivity contribution is 5.97. The van der Waals surface area contributed by atoms with Gasteiger partial charge < -0.3 is 10.2 Å². The first-order valence-corrected chi connectivity index (χ1v) is 8.53. The molecule has 0 saturated heterocycles. The van der Waals surface area contributed by atoms with Gasteiger partial charge >= 0.3 is 0 Å². The number of likely N-dealkylation sites (N-methyl/N-ethyl adjacent to an activating group) is 1. The van der Waals surface area contributed by atoms with Crippen molar-refractivity contribution in [2.75, 3.05) is 20.6 Å². The molecule has 6 nitrogen and oxygen atoms in total. The molecule has 0 bridgehead atoms. The van der Waals surface area contributed by atoms with E-state index < -0.39 is 11.9 Å². The van der Waals surface area contributed by atoms with Gasteiger partial charge in [0.15, 0.2) is 0 Å². The molecule has 1 atom stereocenters. The summed E-state index contributed by atoms with van der Waals surface area (Å²) in [6.45, 7) is 2.39. The van der Waals surface area contributed by atoms with Crippen LogP contribution < -0.4 is 10.8 Å². The van der Waals surface area contributed by atoms with Gasteiger partial charge in [0.1, 0.15) is 6.04 Å². The average Bonchev–Trinajstić information content (AvgIpc) is 2.66. The number of nitrogens with one attached hydrogen (secondary N) is 2. The van der Waals surface area contributed by atoms with E-state index in [1.807, 2.05) is 12.1 Å². The van der Waals surface area contributed by atoms with Crippen molar-refractivity contribution in [1.29, 1.82) is 0 Å². The Labute approximate surface area is 153 Å². The molecule has 0 aliphatic rings. The minimum Gasteiger partial charge on any atom is -0.339 e. The van der Waals surface area contributed by atoms with Crippen molar-refractivity contribution in [2.24, 2.45) is 0 Å². The molecule has 2 aromatic rings. The van der Waals surface area contributed by atoms with Crippen molar-refractivity contribution in [3.8, 4) is 11.1 Å². The Kier molecular flexibility index (Phi) is 6.89. The van der Waals surface area contributed by atoms with Crippen LogP contribution in [0.3, 0.4) is 0 Å². The molecular formula is C20H25N3O3. The zero-order valence-corrected chi connectivity index (χ0v) is 15.3. The highest BCUT2D eigenvalue weighted by atomic mass is 16.5. The number of rotatable bonds is 7. The third kappa shape index (κ3) is 5.15. The van der Waals surface area contributed by atoms with Crippen LogP contribution in [0.15, 0.2) is 48.5 Å². The molecule has 3 N–H and O–H groups in total. The molecule has 138 valence electrons. The van der Waals surface area contributed by atoms with Crippen molar-refractivity contribution in [3.63, 3.8) is 0 Å². The first kappa shape index (κ1) is 19.6. The molecular weight excluding hydrogens is 330 g/mol. The molecule has 2 amide bonds. The van der Waals surface area contributed by atoms with E-state index in [9.17, 15) is 9.59 Å². The lowest BCUT2D eigenvalue weighted by Crippen LogP contribution is -2.50. The van der Waals surface area contributed by atoms with Crippen LogP contribution in [0.4, 0.5) is 0 Å². The molecule has 0 fully saturated rings. The van der Waals surface area contributed by atoms with Gasteiger partial charge in [0, 0.05) is 12.1 Å². The molecule has 2 rings (SSSR count). The number of amides is 2. The van der Waals surface area contributed by atoms with E-state index in [4.69, 9.17) is 5.21 Å². The number of hydrogen-bond acceptors (Lipinski definition) is 4. The van der Waals surface area contributed by atoms with Gasteiger partial charge in [-0.15, -0.1) is 0 Å². The van der Waals surface area contributed by atoms with Crippen LogP contribution in [0.2, 0.25) is 0 Å². The maximum Gasteiger partial charge on any atom is 0.267 e. The summed E-state index contributed by atoms with van der Waals surface area (Å²) in [5.74, 6) is -1.02. The number of carbonyl (C=O) groups is 2. The van der Waals surface area contributed by atoms with Crippen molar-refractivity contribution in [3.05, 3.63) is 59.7 Å². The minimum absolute atomic E-state index is 0.278. The van der Waals surface area contributed by atoms with Gasteiger partial charge in [-0.2, -0.15) is 0 Å². The second-order valence-corrected chi connectivity index (χ2v) is 6.39. The second-order valence-electron chi connectivity index (χ2n) is 6.39. The first-order chi connectivity index (χ1) is 12.4. The number of nitrogens with zero attached hydrogens (tertiary/aromatic N) is 1. The smallest absolute Gasteiger partial charge is 0.267 e. The third-order valence-electron chi connectivity index (χ3n) is 4.12. The molecule has 6 heteroatoms. The topological polar surface area (TPSA) is 81.7 Å². The highest BCUT2D eigenvalue weighted by Crippen LogP contribution is 2.20. The maximum atomic E-state index is 12.4. The Balaban J connectivity index is 2.10. The number of hydroxylamine groups is 1.